The first-order chi connectivity index (χ1) is 17.3. The van der Waals surface area contributed by atoms with Crippen LogP contribution in [0.4, 0.5) is 0 Å². The molecule has 0 aromatic heterocycles. The van der Waals surface area contributed by atoms with Gasteiger partial charge in [-0.1, -0.05) is 42.5 Å². The quantitative estimate of drug-likeness (QED) is 0.642. The van der Waals surface area contributed by atoms with Gasteiger partial charge in [0.2, 0.25) is 10.0 Å². The van der Waals surface area contributed by atoms with Crippen molar-refractivity contribution in [2.24, 2.45) is 0 Å². The molecule has 36 heavy (non-hydrogen) atoms. The highest BCUT2D eigenvalue weighted by Crippen LogP contribution is 2.43. The van der Waals surface area contributed by atoms with Crippen molar-refractivity contribution in [1.82, 2.24) is 19.4 Å². The number of nitrogens with zero attached hydrogens (tertiary/aromatic N) is 3. The van der Waals surface area contributed by atoms with E-state index < -0.39 is 15.5 Å². The van der Waals surface area contributed by atoms with Crippen LogP contribution in [-0.4, -0.2) is 93.6 Å². The van der Waals surface area contributed by atoms with Gasteiger partial charge in [-0.25, -0.2) is 8.42 Å². The Balaban J connectivity index is 1.42. The average molecular weight is 513 g/mol. The summed E-state index contributed by atoms with van der Waals surface area (Å²) in [6, 6.07) is 15.8. The Kier molecular flexibility index (Phi) is 7.54. The van der Waals surface area contributed by atoms with Crippen molar-refractivity contribution in [3.63, 3.8) is 0 Å². The van der Waals surface area contributed by atoms with Crippen LogP contribution in [0.2, 0.25) is 0 Å². The Bertz CT molecular complexity index is 1170. The van der Waals surface area contributed by atoms with Crippen LogP contribution in [0.25, 0.3) is 11.1 Å². The number of nitrogens with one attached hydrogen (secondary N) is 1. The molecule has 0 saturated carbocycles. The summed E-state index contributed by atoms with van der Waals surface area (Å²) < 4.78 is 34.7. The van der Waals surface area contributed by atoms with Crippen molar-refractivity contribution >= 4 is 10.0 Å². The summed E-state index contributed by atoms with van der Waals surface area (Å²) in [7, 11) is 0.176. The van der Waals surface area contributed by atoms with Crippen molar-refractivity contribution in [3.8, 4) is 11.1 Å². The monoisotopic (exact) mass is 512 g/mol. The van der Waals surface area contributed by atoms with Crippen molar-refractivity contribution in [1.29, 1.82) is 0 Å². The van der Waals surface area contributed by atoms with E-state index in [0.29, 0.717) is 26.2 Å². The molecule has 3 unspecified atom stereocenters. The largest absolute Gasteiger partial charge is 0.383 e. The molecule has 0 radical (unpaired) electrons. The molecule has 3 heterocycles. The van der Waals surface area contributed by atoms with Gasteiger partial charge >= 0.3 is 0 Å². The molecule has 2 aromatic rings. The predicted molar refractivity (Wildman–Crippen MR) is 144 cm³/mol. The van der Waals surface area contributed by atoms with Crippen molar-refractivity contribution < 1.29 is 13.2 Å². The molecule has 3 saturated heterocycles. The van der Waals surface area contributed by atoms with Crippen LogP contribution in [0, 0.1) is 13.8 Å². The van der Waals surface area contributed by atoms with Gasteiger partial charge in [-0.05, 0) is 68.1 Å². The lowest BCUT2D eigenvalue weighted by Gasteiger charge is -2.57. The molecule has 0 bridgehead atoms. The molecule has 8 heteroatoms. The van der Waals surface area contributed by atoms with Crippen LogP contribution >= 0.6 is 0 Å². The van der Waals surface area contributed by atoms with Crippen molar-refractivity contribution in [2.45, 2.75) is 50.2 Å². The number of ether oxygens (including phenoxy) is 1. The zero-order valence-electron chi connectivity index (χ0n) is 22.0. The van der Waals surface area contributed by atoms with E-state index in [9.17, 15) is 8.42 Å². The fourth-order valence-corrected chi connectivity index (χ4v) is 8.27. The topological polar surface area (TPSA) is 65.1 Å². The van der Waals surface area contributed by atoms with Gasteiger partial charge in [0.15, 0.2) is 5.50 Å². The minimum atomic E-state index is -3.47. The molecule has 1 N–H and O–H groups in total. The number of hydrogen-bond donors (Lipinski definition) is 1. The van der Waals surface area contributed by atoms with Crippen LogP contribution in [0.15, 0.2) is 42.5 Å². The summed E-state index contributed by atoms with van der Waals surface area (Å²) in [4.78, 5) is 4.39. The van der Waals surface area contributed by atoms with Crippen LogP contribution in [0.3, 0.4) is 0 Å². The Labute approximate surface area is 216 Å². The molecule has 3 aliphatic rings. The SMILES string of the molecule is COCC1[C@@H](c2ccc(-c3cccc(C)c3C)cc2)C2CN(S(=O)(=O)C3NCCN3C)CCCCN12. The third-order valence-electron chi connectivity index (χ3n) is 8.52. The molecule has 4 atom stereocenters. The van der Waals surface area contributed by atoms with Gasteiger partial charge in [0.25, 0.3) is 0 Å². The first kappa shape index (κ1) is 25.8. The minimum absolute atomic E-state index is 0.151. The molecule has 196 valence electrons. The van der Waals surface area contributed by atoms with E-state index in [1.807, 2.05) is 11.9 Å². The van der Waals surface area contributed by atoms with E-state index >= 15 is 0 Å². The zero-order valence-corrected chi connectivity index (χ0v) is 22.8. The molecule has 2 aromatic carbocycles. The maximum atomic E-state index is 13.6. The molecule has 7 nitrogen and oxygen atoms in total. The van der Waals surface area contributed by atoms with Gasteiger partial charge in [0.05, 0.1) is 6.61 Å². The van der Waals surface area contributed by atoms with Crippen molar-refractivity contribution in [2.75, 3.05) is 53.5 Å². The lowest BCUT2D eigenvalue weighted by molar-refractivity contribution is -0.0636. The number of likely N-dealkylation sites (N-methyl/N-ethyl adjacent to an activating group) is 1. The number of sulfonamides is 1. The molecule has 5 rings (SSSR count). The van der Waals surface area contributed by atoms with Gasteiger partial charge in [0.1, 0.15) is 0 Å². The molecule has 0 spiro atoms. The highest BCUT2D eigenvalue weighted by Gasteiger charge is 2.51. The second kappa shape index (κ2) is 10.5. The van der Waals surface area contributed by atoms with Crippen LogP contribution < -0.4 is 5.32 Å². The fraction of sp³-hybridized carbons (Fsp3) is 0.571. The minimum Gasteiger partial charge on any atom is -0.383 e. The predicted octanol–water partition coefficient (Wildman–Crippen LogP) is 3.00. The summed E-state index contributed by atoms with van der Waals surface area (Å²) in [6.45, 7) is 8.54. The number of hydrogen-bond acceptors (Lipinski definition) is 6. The maximum Gasteiger partial charge on any atom is 0.244 e. The van der Waals surface area contributed by atoms with E-state index in [0.717, 1.165) is 25.9 Å². The Morgan fingerprint density at radius 2 is 1.78 bits per heavy atom. The number of rotatable bonds is 6. The molecule has 3 fully saturated rings. The molecular weight excluding hydrogens is 472 g/mol. The van der Waals surface area contributed by atoms with Gasteiger partial charge in [-0.2, -0.15) is 4.31 Å². The summed E-state index contributed by atoms with van der Waals surface area (Å²) in [6.07, 6.45) is 1.88. The highest BCUT2D eigenvalue weighted by molar-refractivity contribution is 7.89. The van der Waals surface area contributed by atoms with E-state index in [1.165, 1.54) is 27.8 Å². The third kappa shape index (κ3) is 4.64. The molecule has 0 amide bonds. The second-order valence-corrected chi connectivity index (χ2v) is 12.6. The van der Waals surface area contributed by atoms with E-state index in [4.69, 9.17) is 4.74 Å². The normalized spacial score (nSPS) is 28.3. The first-order valence-corrected chi connectivity index (χ1v) is 14.7. The van der Waals surface area contributed by atoms with E-state index in [1.54, 1.807) is 11.4 Å². The number of fused-ring (bicyclic) bond motifs is 1. The second-order valence-electron chi connectivity index (χ2n) is 10.6. The molecule has 3 aliphatic heterocycles. The fourth-order valence-electron chi connectivity index (χ4n) is 6.35. The Morgan fingerprint density at radius 3 is 2.47 bits per heavy atom. The summed E-state index contributed by atoms with van der Waals surface area (Å²) >= 11 is 0. The summed E-state index contributed by atoms with van der Waals surface area (Å²) in [5, 5.41) is 3.19. The maximum absolute atomic E-state index is 13.6. The zero-order chi connectivity index (χ0) is 25.4. The highest BCUT2D eigenvalue weighted by atomic mass is 32.2. The summed E-state index contributed by atoms with van der Waals surface area (Å²) in [5.74, 6) is 0.239. The van der Waals surface area contributed by atoms with Gasteiger partial charge in [-0.15, -0.1) is 0 Å². The Hall–Kier alpha value is -1.81. The first-order valence-electron chi connectivity index (χ1n) is 13.2. The molecular formula is C28H40N4O3S. The standard InChI is InChI=1S/C28H40N4O3S/c1-20-8-7-9-24(21(20)2)22-10-12-23(13-11-22)27-25-18-31(36(33,34)28-29-14-17-30(28)3)15-5-6-16-32(25)26(27)19-35-4/h7-13,25-29H,5-6,14-19H2,1-4H3/t25?,26?,27-,28?/m0/s1. The smallest absolute Gasteiger partial charge is 0.244 e. The number of methoxy groups -OCH3 is 1. The summed E-state index contributed by atoms with van der Waals surface area (Å²) in [5.41, 5.74) is 5.73. The van der Waals surface area contributed by atoms with E-state index in [-0.39, 0.29) is 18.0 Å². The number of benzene rings is 2. The van der Waals surface area contributed by atoms with Crippen LogP contribution in [-0.2, 0) is 14.8 Å². The van der Waals surface area contributed by atoms with Gasteiger partial charge in [-0.3, -0.25) is 15.1 Å². The van der Waals surface area contributed by atoms with Crippen molar-refractivity contribution in [3.05, 3.63) is 59.2 Å². The van der Waals surface area contributed by atoms with Crippen LogP contribution in [0.5, 0.6) is 0 Å². The lowest BCUT2D eigenvalue weighted by Crippen LogP contribution is -2.68. The van der Waals surface area contributed by atoms with Gasteiger partial charge < -0.3 is 4.74 Å². The van der Waals surface area contributed by atoms with Gasteiger partial charge in [0, 0.05) is 51.3 Å². The number of aryl methyl sites for hydroxylation is 1. The van der Waals surface area contributed by atoms with E-state index in [2.05, 4.69) is 66.5 Å². The Morgan fingerprint density at radius 1 is 1.03 bits per heavy atom. The average Bonchev–Trinajstić information content (AvgIpc) is 3.29. The molecule has 0 aliphatic carbocycles. The third-order valence-corrected chi connectivity index (χ3v) is 10.7. The lowest BCUT2D eigenvalue weighted by atomic mass is 9.74. The van der Waals surface area contributed by atoms with Crippen LogP contribution in [0.1, 0.15) is 35.4 Å².